The van der Waals surface area contributed by atoms with Crippen molar-refractivity contribution < 1.29 is 18.0 Å². The van der Waals surface area contributed by atoms with Crippen LogP contribution < -0.4 is 5.32 Å². The average molecular weight is 391 g/mol. The largest absolute Gasteiger partial charge is 0.322 e. The van der Waals surface area contributed by atoms with E-state index in [2.05, 4.69) is 10.4 Å². The van der Waals surface area contributed by atoms with Gasteiger partial charge in [-0.1, -0.05) is 18.7 Å². The minimum atomic E-state index is -2.49. The number of hydrogen-bond acceptors (Lipinski definition) is 3. The number of halogens is 3. The highest BCUT2D eigenvalue weighted by Gasteiger charge is 2.17. The van der Waals surface area contributed by atoms with Crippen molar-refractivity contribution in [3.8, 4) is 5.69 Å². The molecule has 1 heterocycles. The van der Waals surface area contributed by atoms with Gasteiger partial charge in [0.2, 0.25) is 0 Å². The summed E-state index contributed by atoms with van der Waals surface area (Å²) >= 11 is 0.444. The lowest BCUT2D eigenvalue weighted by Crippen LogP contribution is -2.14. The second-order valence-corrected chi connectivity index (χ2v) is 6.67. The number of thioether (sulfide) groups is 1. The SMILES string of the molecule is CCc1c(C(=O)Nc2ccc(SC(F)F)cc2)cnn1-c1ccc(F)cc1. The molecule has 0 radical (unpaired) electrons. The van der Waals surface area contributed by atoms with Crippen LogP contribution in [0.1, 0.15) is 23.0 Å². The Morgan fingerprint density at radius 3 is 2.41 bits per heavy atom. The van der Waals surface area contributed by atoms with E-state index in [0.29, 0.717) is 45.7 Å². The second kappa shape index (κ2) is 8.30. The van der Waals surface area contributed by atoms with Crippen molar-refractivity contribution in [3.05, 3.63) is 71.8 Å². The summed E-state index contributed by atoms with van der Waals surface area (Å²) in [6.07, 6.45) is 2.00. The number of benzene rings is 2. The van der Waals surface area contributed by atoms with Crippen molar-refractivity contribution in [1.82, 2.24) is 9.78 Å². The Balaban J connectivity index is 1.80. The molecule has 8 heteroatoms. The van der Waals surface area contributed by atoms with Crippen LogP contribution in [-0.4, -0.2) is 21.4 Å². The Morgan fingerprint density at radius 2 is 1.81 bits per heavy atom. The van der Waals surface area contributed by atoms with E-state index in [0.717, 1.165) is 0 Å². The van der Waals surface area contributed by atoms with Crippen LogP contribution in [0.4, 0.5) is 18.9 Å². The van der Waals surface area contributed by atoms with Gasteiger partial charge in [-0.2, -0.15) is 13.9 Å². The third kappa shape index (κ3) is 4.51. The van der Waals surface area contributed by atoms with Gasteiger partial charge in [-0.05, 0) is 55.0 Å². The van der Waals surface area contributed by atoms with Crippen molar-refractivity contribution in [2.75, 3.05) is 5.32 Å². The van der Waals surface area contributed by atoms with Crippen molar-refractivity contribution >= 4 is 23.4 Å². The number of rotatable bonds is 6. The minimum absolute atomic E-state index is 0.352. The molecule has 0 aliphatic rings. The van der Waals surface area contributed by atoms with Gasteiger partial charge >= 0.3 is 0 Å². The van der Waals surface area contributed by atoms with Crippen molar-refractivity contribution in [2.24, 2.45) is 0 Å². The number of carbonyl (C=O) groups is 1. The topological polar surface area (TPSA) is 46.9 Å². The summed E-state index contributed by atoms with van der Waals surface area (Å²) in [5.41, 5.74) is 2.23. The summed E-state index contributed by atoms with van der Waals surface area (Å²) in [5.74, 6) is -3.19. The van der Waals surface area contributed by atoms with Gasteiger partial charge in [0.25, 0.3) is 11.7 Å². The van der Waals surface area contributed by atoms with E-state index in [-0.39, 0.29) is 11.7 Å². The third-order valence-electron chi connectivity index (χ3n) is 3.86. The zero-order valence-electron chi connectivity index (χ0n) is 14.3. The first-order valence-corrected chi connectivity index (χ1v) is 9.05. The Morgan fingerprint density at radius 1 is 1.15 bits per heavy atom. The van der Waals surface area contributed by atoms with Crippen LogP contribution in [0.2, 0.25) is 0 Å². The first-order valence-electron chi connectivity index (χ1n) is 8.17. The fourth-order valence-corrected chi connectivity index (χ4v) is 3.13. The first kappa shape index (κ1) is 19.0. The van der Waals surface area contributed by atoms with Crippen LogP contribution in [0.15, 0.2) is 59.6 Å². The summed E-state index contributed by atoms with van der Waals surface area (Å²) in [7, 11) is 0. The van der Waals surface area contributed by atoms with E-state index in [1.165, 1.54) is 30.5 Å². The number of nitrogens with one attached hydrogen (secondary N) is 1. The molecular weight excluding hydrogens is 375 g/mol. The first-order chi connectivity index (χ1) is 13.0. The summed E-state index contributed by atoms with van der Waals surface area (Å²) < 4.78 is 39.4. The van der Waals surface area contributed by atoms with Crippen LogP contribution in [0.3, 0.4) is 0 Å². The van der Waals surface area contributed by atoms with Gasteiger partial charge in [0, 0.05) is 10.6 Å². The van der Waals surface area contributed by atoms with Gasteiger partial charge in [-0.3, -0.25) is 4.79 Å². The molecule has 1 N–H and O–H groups in total. The number of nitrogens with zero attached hydrogens (tertiary/aromatic N) is 2. The molecule has 1 amide bonds. The smallest absolute Gasteiger partial charge is 0.288 e. The lowest BCUT2D eigenvalue weighted by molar-refractivity contribution is 0.102. The Hall–Kier alpha value is -2.74. The summed E-state index contributed by atoms with van der Waals surface area (Å²) in [6, 6.07) is 12.0. The molecular formula is C19H16F3N3OS. The average Bonchev–Trinajstić information content (AvgIpc) is 3.07. The predicted octanol–water partition coefficient (Wildman–Crippen LogP) is 5.14. The number of carbonyl (C=O) groups excluding carboxylic acids is 1. The summed E-state index contributed by atoms with van der Waals surface area (Å²) in [4.78, 5) is 13.0. The molecule has 0 aliphatic carbocycles. The highest BCUT2D eigenvalue weighted by Crippen LogP contribution is 2.26. The monoisotopic (exact) mass is 391 g/mol. The zero-order valence-corrected chi connectivity index (χ0v) is 15.1. The molecule has 4 nitrogen and oxygen atoms in total. The van der Waals surface area contributed by atoms with Crippen molar-refractivity contribution in [3.63, 3.8) is 0 Å². The number of alkyl halides is 2. The molecule has 0 saturated heterocycles. The van der Waals surface area contributed by atoms with Crippen LogP contribution in [0.5, 0.6) is 0 Å². The van der Waals surface area contributed by atoms with Gasteiger partial charge in [0.15, 0.2) is 0 Å². The van der Waals surface area contributed by atoms with E-state index in [1.807, 2.05) is 6.92 Å². The van der Waals surface area contributed by atoms with Gasteiger partial charge in [-0.15, -0.1) is 0 Å². The zero-order chi connectivity index (χ0) is 19.4. The van der Waals surface area contributed by atoms with E-state index < -0.39 is 5.76 Å². The highest BCUT2D eigenvalue weighted by atomic mass is 32.2. The van der Waals surface area contributed by atoms with Crippen LogP contribution in [-0.2, 0) is 6.42 Å². The molecule has 27 heavy (non-hydrogen) atoms. The Kier molecular flexibility index (Phi) is 5.85. The van der Waals surface area contributed by atoms with Crippen molar-refractivity contribution in [1.29, 1.82) is 0 Å². The molecule has 0 aliphatic heterocycles. The molecule has 0 saturated carbocycles. The molecule has 0 bridgehead atoms. The normalized spacial score (nSPS) is 11.0. The van der Waals surface area contributed by atoms with Gasteiger partial charge in [0.1, 0.15) is 5.82 Å². The molecule has 0 unspecified atom stereocenters. The van der Waals surface area contributed by atoms with E-state index in [1.54, 1.807) is 28.9 Å². The summed E-state index contributed by atoms with van der Waals surface area (Å²) in [5, 5.41) is 6.98. The molecule has 0 atom stereocenters. The lowest BCUT2D eigenvalue weighted by atomic mass is 10.2. The van der Waals surface area contributed by atoms with Crippen LogP contribution in [0, 0.1) is 5.82 Å². The summed E-state index contributed by atoms with van der Waals surface area (Å²) in [6.45, 7) is 1.89. The fourth-order valence-electron chi connectivity index (χ4n) is 2.63. The van der Waals surface area contributed by atoms with Gasteiger partial charge in [-0.25, -0.2) is 9.07 Å². The highest BCUT2D eigenvalue weighted by molar-refractivity contribution is 7.99. The molecule has 0 fully saturated rings. The number of aromatic nitrogens is 2. The molecule has 0 spiro atoms. The van der Waals surface area contributed by atoms with Crippen LogP contribution in [0.25, 0.3) is 5.69 Å². The molecule has 1 aromatic heterocycles. The molecule has 3 aromatic rings. The number of anilines is 1. The predicted molar refractivity (Wildman–Crippen MR) is 99.2 cm³/mol. The molecule has 2 aromatic carbocycles. The Bertz CT molecular complexity index is 924. The van der Waals surface area contributed by atoms with Gasteiger partial charge < -0.3 is 5.32 Å². The van der Waals surface area contributed by atoms with Gasteiger partial charge in [0.05, 0.1) is 23.1 Å². The quantitative estimate of drug-likeness (QED) is 0.592. The maximum Gasteiger partial charge on any atom is 0.288 e. The second-order valence-electron chi connectivity index (χ2n) is 5.60. The minimum Gasteiger partial charge on any atom is -0.322 e. The fraction of sp³-hybridized carbons (Fsp3) is 0.158. The molecule has 3 rings (SSSR count). The van der Waals surface area contributed by atoms with Crippen LogP contribution >= 0.6 is 11.8 Å². The van der Waals surface area contributed by atoms with Crippen molar-refractivity contribution in [2.45, 2.75) is 24.0 Å². The third-order valence-corrected chi connectivity index (χ3v) is 4.58. The maximum absolute atomic E-state index is 13.1. The maximum atomic E-state index is 13.1. The van der Waals surface area contributed by atoms with E-state index >= 15 is 0 Å². The Labute approximate surface area is 158 Å². The number of amides is 1. The van der Waals surface area contributed by atoms with E-state index in [9.17, 15) is 18.0 Å². The van der Waals surface area contributed by atoms with E-state index in [4.69, 9.17) is 0 Å². The standard InChI is InChI=1S/C19H16F3N3OS/c1-2-17-16(11-23-25(17)14-7-3-12(20)4-8-14)18(26)24-13-5-9-15(10-6-13)27-19(21)22/h3-11,19H,2H2,1H3,(H,24,26). The molecule has 140 valence electrons. The number of hydrogen-bond donors (Lipinski definition) is 1. The lowest BCUT2D eigenvalue weighted by Gasteiger charge is -2.09.